The number of nitro groups is 1. The van der Waals surface area contributed by atoms with Gasteiger partial charge in [-0.15, -0.1) is 0 Å². The van der Waals surface area contributed by atoms with E-state index >= 15 is 0 Å². The lowest BCUT2D eigenvalue weighted by Gasteiger charge is -2.15. The van der Waals surface area contributed by atoms with Gasteiger partial charge in [-0.25, -0.2) is 4.98 Å². The minimum absolute atomic E-state index is 0.0993. The summed E-state index contributed by atoms with van der Waals surface area (Å²) < 4.78 is 12.3. The maximum atomic E-state index is 10.7. The van der Waals surface area contributed by atoms with Crippen LogP contribution in [0.2, 0.25) is 0 Å². The molecule has 0 spiro atoms. The second kappa shape index (κ2) is 10.9. The summed E-state index contributed by atoms with van der Waals surface area (Å²) in [5.74, 6) is 1.40. The Balaban J connectivity index is 1.75. The predicted molar refractivity (Wildman–Crippen MR) is 123 cm³/mol. The van der Waals surface area contributed by atoms with Crippen LogP contribution in [0, 0.1) is 21.4 Å². The van der Waals surface area contributed by atoms with Gasteiger partial charge in [-0.1, -0.05) is 18.2 Å². The van der Waals surface area contributed by atoms with Gasteiger partial charge in [0.1, 0.15) is 18.6 Å². The third-order valence-corrected chi connectivity index (χ3v) is 4.78. The molecule has 0 aliphatic carbocycles. The molecule has 1 heterocycles. The molecule has 0 fully saturated rings. The number of ether oxygens (including phenoxy) is 2. The Morgan fingerprint density at radius 2 is 2.09 bits per heavy atom. The number of nitrogens with zero attached hydrogens (tertiary/aromatic N) is 4. The molecule has 3 aromatic rings. The highest BCUT2D eigenvalue weighted by atomic mass is 79.9. The number of pyridine rings is 1. The van der Waals surface area contributed by atoms with Crippen LogP contribution in [0.1, 0.15) is 23.6 Å². The lowest BCUT2D eigenvalue weighted by Crippen LogP contribution is -2.03. The summed E-state index contributed by atoms with van der Waals surface area (Å²) in [6.07, 6.45) is 2.71. The summed E-state index contributed by atoms with van der Waals surface area (Å²) in [5, 5.41) is 24.1. The van der Waals surface area contributed by atoms with Crippen molar-refractivity contribution in [3.63, 3.8) is 0 Å². The standard InChI is InChI=1S/C22H18BrN5O4/c1-2-31-20-10-15(12-26-27-21-8-7-18(13-25-21)28(29)30)9-19(23)22(20)32-14-17-6-4-3-5-16(17)11-24/h3-10,12-13H,2,14H2,1H3,(H,25,27)/b26-12+. The van der Waals surface area contributed by atoms with Crippen LogP contribution in [0.15, 0.2) is 64.3 Å². The molecule has 0 aliphatic heterocycles. The van der Waals surface area contributed by atoms with Gasteiger partial charge in [0.25, 0.3) is 5.69 Å². The second-order valence-electron chi connectivity index (χ2n) is 6.35. The molecule has 0 unspecified atom stereocenters. The summed E-state index contributed by atoms with van der Waals surface area (Å²) >= 11 is 3.51. The van der Waals surface area contributed by atoms with E-state index in [1.165, 1.54) is 12.1 Å². The number of aromatic nitrogens is 1. The number of anilines is 1. The van der Waals surface area contributed by atoms with Crippen molar-refractivity contribution in [3.05, 3.63) is 86.0 Å². The van der Waals surface area contributed by atoms with Crippen molar-refractivity contribution in [1.29, 1.82) is 5.26 Å². The molecule has 10 heteroatoms. The van der Waals surface area contributed by atoms with E-state index in [-0.39, 0.29) is 12.3 Å². The Labute approximate surface area is 192 Å². The molecule has 0 atom stereocenters. The van der Waals surface area contributed by atoms with Gasteiger partial charge < -0.3 is 9.47 Å². The van der Waals surface area contributed by atoms with Crippen LogP contribution in [0.25, 0.3) is 0 Å². The first kappa shape index (κ1) is 22.7. The Hall–Kier alpha value is -3.97. The van der Waals surface area contributed by atoms with E-state index < -0.39 is 4.92 Å². The molecule has 3 rings (SSSR count). The van der Waals surface area contributed by atoms with Crippen LogP contribution >= 0.6 is 15.9 Å². The number of nitrogens with one attached hydrogen (secondary N) is 1. The summed E-state index contributed by atoms with van der Waals surface area (Å²) in [5.41, 5.74) is 4.67. The van der Waals surface area contributed by atoms with Crippen LogP contribution in [0.4, 0.5) is 11.5 Å². The molecule has 0 bridgehead atoms. The number of rotatable bonds is 9. The lowest BCUT2D eigenvalue weighted by molar-refractivity contribution is -0.385. The molecule has 32 heavy (non-hydrogen) atoms. The maximum Gasteiger partial charge on any atom is 0.287 e. The lowest BCUT2D eigenvalue weighted by atomic mass is 10.1. The fourth-order valence-corrected chi connectivity index (χ4v) is 3.28. The monoisotopic (exact) mass is 495 g/mol. The van der Waals surface area contributed by atoms with E-state index in [4.69, 9.17) is 9.47 Å². The highest BCUT2D eigenvalue weighted by molar-refractivity contribution is 9.10. The van der Waals surface area contributed by atoms with Crippen molar-refractivity contribution < 1.29 is 14.4 Å². The van der Waals surface area contributed by atoms with Gasteiger partial charge >= 0.3 is 0 Å². The zero-order valence-corrected chi connectivity index (χ0v) is 18.6. The average molecular weight is 496 g/mol. The van der Waals surface area contributed by atoms with Crippen molar-refractivity contribution in [2.45, 2.75) is 13.5 Å². The Morgan fingerprint density at radius 3 is 2.78 bits per heavy atom. The van der Waals surface area contributed by atoms with Gasteiger partial charge in [0.05, 0.1) is 33.9 Å². The number of benzene rings is 2. The number of hydrogen-bond donors (Lipinski definition) is 1. The third kappa shape index (κ3) is 5.80. The fourth-order valence-electron chi connectivity index (χ4n) is 2.70. The summed E-state index contributed by atoms with van der Waals surface area (Å²) in [6, 6.07) is 15.8. The molecule has 0 saturated heterocycles. The maximum absolute atomic E-state index is 10.7. The molecule has 2 aromatic carbocycles. The van der Waals surface area contributed by atoms with Gasteiger partial charge in [0.15, 0.2) is 11.5 Å². The second-order valence-corrected chi connectivity index (χ2v) is 7.20. The smallest absolute Gasteiger partial charge is 0.287 e. The molecule has 0 amide bonds. The topological polar surface area (TPSA) is 123 Å². The fraction of sp³-hybridized carbons (Fsp3) is 0.136. The predicted octanol–water partition coefficient (Wildman–Crippen LogP) is 5.05. The molecular weight excluding hydrogens is 478 g/mol. The Bertz CT molecular complexity index is 1180. The molecule has 9 nitrogen and oxygen atoms in total. The summed E-state index contributed by atoms with van der Waals surface area (Å²) in [6.45, 7) is 2.51. The average Bonchev–Trinajstić information content (AvgIpc) is 2.79. The van der Waals surface area contributed by atoms with Crippen LogP contribution < -0.4 is 14.9 Å². The number of hydrazone groups is 1. The molecule has 1 N–H and O–H groups in total. The minimum atomic E-state index is -0.518. The van der Waals surface area contributed by atoms with Crippen LogP contribution in [-0.4, -0.2) is 22.7 Å². The summed E-state index contributed by atoms with van der Waals surface area (Å²) in [4.78, 5) is 14.1. The van der Waals surface area contributed by atoms with E-state index in [2.05, 4.69) is 37.5 Å². The first-order chi connectivity index (χ1) is 15.5. The van der Waals surface area contributed by atoms with Gasteiger partial charge in [0.2, 0.25) is 0 Å². The van der Waals surface area contributed by atoms with E-state index in [0.29, 0.717) is 34.0 Å². The van der Waals surface area contributed by atoms with Crippen molar-refractivity contribution in [2.24, 2.45) is 5.10 Å². The summed E-state index contributed by atoms with van der Waals surface area (Å²) in [7, 11) is 0. The normalized spacial score (nSPS) is 10.5. The van der Waals surface area contributed by atoms with Gasteiger partial charge in [-0.2, -0.15) is 10.4 Å². The number of halogens is 1. The van der Waals surface area contributed by atoms with Crippen LogP contribution in [0.3, 0.4) is 0 Å². The number of nitriles is 1. The van der Waals surface area contributed by atoms with Gasteiger partial charge in [-0.3, -0.25) is 15.5 Å². The van der Waals surface area contributed by atoms with E-state index in [9.17, 15) is 15.4 Å². The highest BCUT2D eigenvalue weighted by Crippen LogP contribution is 2.37. The third-order valence-electron chi connectivity index (χ3n) is 4.19. The molecule has 162 valence electrons. The van der Waals surface area contributed by atoms with Crippen LogP contribution in [-0.2, 0) is 6.61 Å². The molecule has 1 aromatic heterocycles. The zero-order valence-electron chi connectivity index (χ0n) is 17.0. The first-order valence-electron chi connectivity index (χ1n) is 9.48. The van der Waals surface area contributed by atoms with Crippen molar-refractivity contribution in [1.82, 2.24) is 4.98 Å². The Kier molecular flexibility index (Phi) is 7.72. The van der Waals surface area contributed by atoms with Crippen molar-refractivity contribution in [2.75, 3.05) is 12.0 Å². The largest absolute Gasteiger partial charge is 0.490 e. The van der Waals surface area contributed by atoms with E-state index in [0.717, 1.165) is 17.3 Å². The number of hydrogen-bond acceptors (Lipinski definition) is 8. The molecule has 0 aliphatic rings. The minimum Gasteiger partial charge on any atom is -0.490 e. The molecular formula is C22H18BrN5O4. The van der Waals surface area contributed by atoms with E-state index in [1.807, 2.05) is 25.1 Å². The first-order valence-corrected chi connectivity index (χ1v) is 10.3. The SMILES string of the molecule is CCOc1cc(/C=N/Nc2ccc([N+](=O)[O-])cn2)cc(Br)c1OCc1ccccc1C#N. The molecule has 0 saturated carbocycles. The van der Waals surface area contributed by atoms with E-state index in [1.54, 1.807) is 24.4 Å². The Morgan fingerprint density at radius 1 is 1.28 bits per heavy atom. The van der Waals surface area contributed by atoms with Crippen molar-refractivity contribution >= 4 is 33.6 Å². The molecule has 0 radical (unpaired) electrons. The van der Waals surface area contributed by atoms with Gasteiger partial charge in [0, 0.05) is 11.6 Å². The van der Waals surface area contributed by atoms with Gasteiger partial charge in [-0.05, 0) is 52.7 Å². The highest BCUT2D eigenvalue weighted by Gasteiger charge is 2.13. The zero-order chi connectivity index (χ0) is 22.9. The van der Waals surface area contributed by atoms with Crippen molar-refractivity contribution in [3.8, 4) is 17.6 Å². The quantitative estimate of drug-likeness (QED) is 0.250. The van der Waals surface area contributed by atoms with Crippen LogP contribution in [0.5, 0.6) is 11.5 Å².